The fraction of sp³-hybridized carbons (Fsp3) is 0.400. The molecular weight excluding hydrogens is 167 g/mol. The van der Waals surface area contributed by atoms with E-state index in [1.165, 1.54) is 6.07 Å². The zero-order chi connectivity index (χ0) is 9.26. The lowest BCUT2D eigenvalue weighted by Crippen LogP contribution is -2.13. The highest BCUT2D eigenvalue weighted by molar-refractivity contribution is 5.42. The van der Waals surface area contributed by atoms with E-state index in [1.807, 2.05) is 6.07 Å². The van der Waals surface area contributed by atoms with Gasteiger partial charge in [-0.2, -0.15) is 0 Å². The maximum atomic E-state index is 13.1. The Morgan fingerprint density at radius 3 is 2.92 bits per heavy atom. The smallest absolute Gasteiger partial charge is 0.146 e. The van der Waals surface area contributed by atoms with E-state index in [2.05, 4.69) is 5.32 Å². The fourth-order valence-electron chi connectivity index (χ4n) is 1.73. The number of benzene rings is 1. The Balaban J connectivity index is 2.25. The number of hydrogen-bond donors (Lipinski definition) is 2. The minimum Gasteiger partial charge on any atom is -0.396 e. The van der Waals surface area contributed by atoms with Crippen molar-refractivity contribution in [3.63, 3.8) is 0 Å². The number of rotatable bonds is 1. The van der Waals surface area contributed by atoms with E-state index in [0.717, 1.165) is 24.9 Å². The first-order chi connectivity index (χ1) is 6.27. The molecule has 1 aromatic rings. The summed E-state index contributed by atoms with van der Waals surface area (Å²) in [6.07, 6.45) is 2.25. The van der Waals surface area contributed by atoms with Crippen LogP contribution in [0.3, 0.4) is 0 Å². The van der Waals surface area contributed by atoms with E-state index < -0.39 is 0 Å². The molecule has 1 unspecified atom stereocenters. The van der Waals surface area contributed by atoms with Crippen molar-refractivity contribution in [1.29, 1.82) is 0 Å². The molecule has 1 atom stereocenters. The van der Waals surface area contributed by atoms with Gasteiger partial charge in [0.1, 0.15) is 5.82 Å². The third kappa shape index (κ3) is 1.65. The van der Waals surface area contributed by atoms with Gasteiger partial charge in [0, 0.05) is 6.04 Å². The molecule has 1 aromatic carbocycles. The Morgan fingerprint density at radius 1 is 1.46 bits per heavy atom. The third-order valence-electron chi connectivity index (χ3n) is 2.49. The lowest BCUT2D eigenvalue weighted by Gasteiger charge is -2.10. The molecule has 1 saturated heterocycles. The van der Waals surface area contributed by atoms with Crippen LogP contribution in [0, 0.1) is 5.82 Å². The van der Waals surface area contributed by atoms with Crippen LogP contribution in [0.15, 0.2) is 18.2 Å². The van der Waals surface area contributed by atoms with Crippen molar-refractivity contribution >= 4 is 5.69 Å². The number of nitrogens with two attached hydrogens (primary N) is 1. The van der Waals surface area contributed by atoms with E-state index in [4.69, 9.17) is 5.73 Å². The quantitative estimate of drug-likeness (QED) is 0.647. The molecule has 3 heteroatoms. The van der Waals surface area contributed by atoms with Gasteiger partial charge in [-0.3, -0.25) is 0 Å². The van der Waals surface area contributed by atoms with E-state index in [-0.39, 0.29) is 11.5 Å². The van der Waals surface area contributed by atoms with Gasteiger partial charge < -0.3 is 11.1 Å². The lowest BCUT2D eigenvalue weighted by molar-refractivity contribution is 0.610. The van der Waals surface area contributed by atoms with Crippen molar-refractivity contribution in [1.82, 2.24) is 5.32 Å². The monoisotopic (exact) mass is 180 g/mol. The van der Waals surface area contributed by atoms with Crippen molar-refractivity contribution in [2.75, 3.05) is 12.3 Å². The zero-order valence-corrected chi connectivity index (χ0v) is 7.39. The Kier molecular flexibility index (Phi) is 2.19. The first kappa shape index (κ1) is 8.51. The lowest BCUT2D eigenvalue weighted by atomic mass is 10.0. The van der Waals surface area contributed by atoms with Crippen LogP contribution >= 0.6 is 0 Å². The molecule has 0 saturated carbocycles. The Morgan fingerprint density at radius 2 is 2.31 bits per heavy atom. The van der Waals surface area contributed by atoms with Crippen LogP contribution < -0.4 is 11.1 Å². The average molecular weight is 180 g/mol. The second-order valence-corrected chi connectivity index (χ2v) is 3.43. The molecule has 3 N–H and O–H groups in total. The highest BCUT2D eigenvalue weighted by Gasteiger charge is 2.16. The maximum absolute atomic E-state index is 13.1. The van der Waals surface area contributed by atoms with Gasteiger partial charge in [0.25, 0.3) is 0 Å². The molecule has 1 aliphatic rings. The van der Waals surface area contributed by atoms with Crippen LogP contribution in [0.2, 0.25) is 0 Å². The van der Waals surface area contributed by atoms with Gasteiger partial charge in [0.2, 0.25) is 0 Å². The van der Waals surface area contributed by atoms with Gasteiger partial charge in [-0.15, -0.1) is 0 Å². The van der Waals surface area contributed by atoms with Crippen molar-refractivity contribution in [2.45, 2.75) is 18.9 Å². The van der Waals surface area contributed by atoms with Crippen LogP contribution in [0.25, 0.3) is 0 Å². The molecule has 2 rings (SSSR count). The van der Waals surface area contributed by atoms with Crippen molar-refractivity contribution in [2.24, 2.45) is 0 Å². The number of nitrogen functional groups attached to an aromatic ring is 1. The summed E-state index contributed by atoms with van der Waals surface area (Å²) in [6, 6.07) is 5.36. The van der Waals surface area contributed by atoms with Crippen molar-refractivity contribution in [3.8, 4) is 0 Å². The van der Waals surface area contributed by atoms with Crippen molar-refractivity contribution in [3.05, 3.63) is 29.6 Å². The molecule has 13 heavy (non-hydrogen) atoms. The molecule has 0 bridgehead atoms. The first-order valence-corrected chi connectivity index (χ1v) is 4.55. The molecule has 0 aliphatic carbocycles. The summed E-state index contributed by atoms with van der Waals surface area (Å²) in [5.41, 5.74) is 6.62. The largest absolute Gasteiger partial charge is 0.396 e. The summed E-state index contributed by atoms with van der Waals surface area (Å²) >= 11 is 0. The molecule has 1 aliphatic heterocycles. The van der Waals surface area contributed by atoms with E-state index >= 15 is 0 Å². The minimum atomic E-state index is -0.314. The zero-order valence-electron chi connectivity index (χ0n) is 7.39. The average Bonchev–Trinajstić information content (AvgIpc) is 2.62. The Labute approximate surface area is 76.9 Å². The molecular formula is C10H13FN2. The first-order valence-electron chi connectivity index (χ1n) is 4.55. The highest BCUT2D eigenvalue weighted by Crippen LogP contribution is 2.24. The SMILES string of the molecule is Nc1ccc(C2CCCN2)cc1F. The Bertz CT molecular complexity index is 306. The van der Waals surface area contributed by atoms with Gasteiger partial charge in [-0.05, 0) is 37.1 Å². The normalized spacial score (nSPS) is 22.1. The minimum absolute atomic E-state index is 0.224. The number of hydrogen-bond acceptors (Lipinski definition) is 2. The van der Waals surface area contributed by atoms with Crippen LogP contribution in [0.5, 0.6) is 0 Å². The third-order valence-corrected chi connectivity index (χ3v) is 2.49. The second kappa shape index (κ2) is 3.34. The summed E-state index contributed by atoms with van der Waals surface area (Å²) in [6.45, 7) is 1.02. The molecule has 1 fully saturated rings. The topological polar surface area (TPSA) is 38.0 Å². The molecule has 0 amide bonds. The molecule has 0 aromatic heterocycles. The van der Waals surface area contributed by atoms with E-state index in [0.29, 0.717) is 6.04 Å². The molecule has 1 heterocycles. The highest BCUT2D eigenvalue weighted by atomic mass is 19.1. The maximum Gasteiger partial charge on any atom is 0.146 e. The van der Waals surface area contributed by atoms with E-state index in [1.54, 1.807) is 6.07 Å². The van der Waals surface area contributed by atoms with Gasteiger partial charge in [0.05, 0.1) is 5.69 Å². The fourth-order valence-corrected chi connectivity index (χ4v) is 1.73. The standard InChI is InChI=1S/C10H13FN2/c11-8-6-7(3-4-9(8)12)10-2-1-5-13-10/h3-4,6,10,13H,1-2,5,12H2. The van der Waals surface area contributed by atoms with Crippen LogP contribution in [0.1, 0.15) is 24.4 Å². The van der Waals surface area contributed by atoms with Gasteiger partial charge in [-0.25, -0.2) is 4.39 Å². The molecule has 0 radical (unpaired) electrons. The van der Waals surface area contributed by atoms with Crippen LogP contribution in [-0.4, -0.2) is 6.54 Å². The molecule has 2 nitrogen and oxygen atoms in total. The second-order valence-electron chi connectivity index (χ2n) is 3.43. The number of anilines is 1. The summed E-state index contributed by atoms with van der Waals surface area (Å²) in [7, 11) is 0. The summed E-state index contributed by atoms with van der Waals surface area (Å²) in [5.74, 6) is -0.314. The Hall–Kier alpha value is -1.09. The summed E-state index contributed by atoms with van der Waals surface area (Å²) in [4.78, 5) is 0. The molecule has 0 spiro atoms. The summed E-state index contributed by atoms with van der Waals surface area (Å²) in [5, 5.41) is 3.31. The summed E-state index contributed by atoms with van der Waals surface area (Å²) < 4.78 is 13.1. The predicted octanol–water partition coefficient (Wildman–Crippen LogP) is 1.83. The molecule has 70 valence electrons. The predicted molar refractivity (Wildman–Crippen MR) is 50.8 cm³/mol. The van der Waals surface area contributed by atoms with Gasteiger partial charge in [0.15, 0.2) is 0 Å². The van der Waals surface area contributed by atoms with Crippen LogP contribution in [0.4, 0.5) is 10.1 Å². The number of nitrogens with one attached hydrogen (secondary N) is 1. The van der Waals surface area contributed by atoms with Gasteiger partial charge >= 0.3 is 0 Å². The number of halogens is 1. The van der Waals surface area contributed by atoms with E-state index in [9.17, 15) is 4.39 Å². The van der Waals surface area contributed by atoms with Crippen molar-refractivity contribution < 1.29 is 4.39 Å². The van der Waals surface area contributed by atoms with Crippen LogP contribution in [-0.2, 0) is 0 Å². The van der Waals surface area contributed by atoms with Gasteiger partial charge in [-0.1, -0.05) is 6.07 Å².